The molecule has 0 saturated carbocycles. The van der Waals surface area contributed by atoms with Gasteiger partial charge in [-0.05, 0) is 38.4 Å². The van der Waals surface area contributed by atoms with Gasteiger partial charge in [0.2, 0.25) is 0 Å². The smallest absolute Gasteiger partial charge is 0.0641 e. The molecule has 20 heavy (non-hydrogen) atoms. The maximum Gasteiger partial charge on any atom is 0.0641 e. The molecule has 0 fully saturated rings. The summed E-state index contributed by atoms with van der Waals surface area (Å²) in [6, 6.07) is 4.90. The molecular formula is C16H25N3S. The van der Waals surface area contributed by atoms with Gasteiger partial charge in [-0.1, -0.05) is 13.8 Å². The highest BCUT2D eigenvalue weighted by Crippen LogP contribution is 2.25. The number of thiophene rings is 1. The quantitative estimate of drug-likeness (QED) is 0.844. The van der Waals surface area contributed by atoms with Crippen molar-refractivity contribution in [3.8, 4) is 0 Å². The lowest BCUT2D eigenvalue weighted by molar-refractivity contribution is 0.530. The Kier molecular flexibility index (Phi) is 5.38. The predicted molar refractivity (Wildman–Crippen MR) is 86.4 cm³/mol. The van der Waals surface area contributed by atoms with Crippen molar-refractivity contribution in [3.05, 3.63) is 39.3 Å². The van der Waals surface area contributed by atoms with Crippen LogP contribution in [-0.2, 0) is 19.9 Å². The molecule has 1 unspecified atom stereocenters. The van der Waals surface area contributed by atoms with Gasteiger partial charge in [0.25, 0.3) is 0 Å². The van der Waals surface area contributed by atoms with Crippen LogP contribution in [0.3, 0.4) is 0 Å². The van der Waals surface area contributed by atoms with Crippen molar-refractivity contribution in [2.45, 2.75) is 46.1 Å². The summed E-state index contributed by atoms with van der Waals surface area (Å²) in [6.07, 6.45) is 5.48. The molecule has 0 aliphatic rings. The Morgan fingerprint density at radius 2 is 2.05 bits per heavy atom. The summed E-state index contributed by atoms with van der Waals surface area (Å²) >= 11 is 1.93. The van der Waals surface area contributed by atoms with Crippen LogP contribution in [0.25, 0.3) is 0 Å². The predicted octanol–water partition coefficient (Wildman–Crippen LogP) is 3.64. The molecule has 1 N–H and O–H groups in total. The van der Waals surface area contributed by atoms with E-state index < -0.39 is 0 Å². The minimum Gasteiger partial charge on any atom is -0.310 e. The van der Waals surface area contributed by atoms with Crippen LogP contribution in [0.4, 0.5) is 0 Å². The van der Waals surface area contributed by atoms with Gasteiger partial charge in [0, 0.05) is 41.0 Å². The molecule has 2 aromatic rings. The van der Waals surface area contributed by atoms with Gasteiger partial charge in [-0.2, -0.15) is 5.10 Å². The zero-order chi connectivity index (χ0) is 14.5. The highest BCUT2D eigenvalue weighted by atomic mass is 32.1. The fourth-order valence-corrected chi connectivity index (χ4v) is 3.50. The standard InChI is InChI=1S/C16H25N3S/c1-5-9-17-16(15-11-19(4)18-12(15)3)10-14-8-7-13(6-2)20-14/h7-8,11,16-17H,5-6,9-10H2,1-4H3. The van der Waals surface area contributed by atoms with E-state index >= 15 is 0 Å². The van der Waals surface area contributed by atoms with E-state index in [1.54, 1.807) is 0 Å². The fraction of sp³-hybridized carbons (Fsp3) is 0.562. The van der Waals surface area contributed by atoms with Gasteiger partial charge in [0.15, 0.2) is 0 Å². The average molecular weight is 291 g/mol. The third-order valence-corrected chi connectivity index (χ3v) is 4.79. The van der Waals surface area contributed by atoms with Crippen molar-refractivity contribution in [1.29, 1.82) is 0 Å². The van der Waals surface area contributed by atoms with E-state index in [2.05, 4.69) is 49.5 Å². The highest BCUT2D eigenvalue weighted by Gasteiger charge is 2.17. The van der Waals surface area contributed by atoms with E-state index in [1.165, 1.54) is 15.3 Å². The molecule has 110 valence electrons. The largest absolute Gasteiger partial charge is 0.310 e. The maximum absolute atomic E-state index is 4.48. The first-order valence-corrected chi connectivity index (χ1v) is 8.26. The molecule has 2 rings (SSSR count). The molecule has 1 atom stereocenters. The van der Waals surface area contributed by atoms with Gasteiger partial charge in [0.05, 0.1) is 5.69 Å². The summed E-state index contributed by atoms with van der Waals surface area (Å²) in [7, 11) is 1.99. The molecule has 2 aromatic heterocycles. The summed E-state index contributed by atoms with van der Waals surface area (Å²) in [5, 5.41) is 8.15. The molecule has 0 aliphatic heterocycles. The van der Waals surface area contributed by atoms with Crippen LogP contribution in [0.1, 0.15) is 47.3 Å². The summed E-state index contributed by atoms with van der Waals surface area (Å²) in [5.74, 6) is 0. The number of hydrogen-bond acceptors (Lipinski definition) is 3. The number of rotatable bonds is 7. The monoisotopic (exact) mass is 291 g/mol. The fourth-order valence-electron chi connectivity index (χ4n) is 2.49. The van der Waals surface area contributed by atoms with Crippen LogP contribution in [0, 0.1) is 6.92 Å². The van der Waals surface area contributed by atoms with Crippen molar-refractivity contribution < 1.29 is 0 Å². The minimum absolute atomic E-state index is 0.368. The Morgan fingerprint density at radius 1 is 1.30 bits per heavy atom. The lowest BCUT2D eigenvalue weighted by atomic mass is 10.0. The van der Waals surface area contributed by atoms with Gasteiger partial charge < -0.3 is 5.32 Å². The number of nitrogens with one attached hydrogen (secondary N) is 1. The van der Waals surface area contributed by atoms with Crippen LogP contribution in [0.2, 0.25) is 0 Å². The Morgan fingerprint density at radius 3 is 2.60 bits per heavy atom. The lowest BCUT2D eigenvalue weighted by Crippen LogP contribution is -2.24. The van der Waals surface area contributed by atoms with Crippen molar-refractivity contribution in [2.24, 2.45) is 7.05 Å². The first-order valence-electron chi connectivity index (χ1n) is 7.45. The van der Waals surface area contributed by atoms with Gasteiger partial charge in [-0.15, -0.1) is 11.3 Å². The summed E-state index contributed by atoms with van der Waals surface area (Å²) < 4.78 is 1.91. The van der Waals surface area contributed by atoms with Crippen molar-refractivity contribution in [1.82, 2.24) is 15.1 Å². The van der Waals surface area contributed by atoms with Gasteiger partial charge >= 0.3 is 0 Å². The zero-order valence-electron chi connectivity index (χ0n) is 12.9. The molecule has 4 heteroatoms. The molecule has 2 heterocycles. The van der Waals surface area contributed by atoms with Crippen molar-refractivity contribution >= 4 is 11.3 Å². The van der Waals surface area contributed by atoms with E-state index in [0.29, 0.717) is 6.04 Å². The highest BCUT2D eigenvalue weighted by molar-refractivity contribution is 7.11. The molecule has 0 radical (unpaired) electrons. The van der Waals surface area contributed by atoms with Gasteiger partial charge in [0.1, 0.15) is 0 Å². The molecular weight excluding hydrogens is 266 g/mol. The van der Waals surface area contributed by atoms with Crippen molar-refractivity contribution in [3.63, 3.8) is 0 Å². The third kappa shape index (κ3) is 3.70. The number of nitrogens with zero attached hydrogens (tertiary/aromatic N) is 2. The van der Waals surface area contributed by atoms with E-state index in [-0.39, 0.29) is 0 Å². The first kappa shape index (κ1) is 15.3. The molecule has 0 bridgehead atoms. The first-order chi connectivity index (χ1) is 9.63. The van der Waals surface area contributed by atoms with Crippen LogP contribution >= 0.6 is 11.3 Å². The second-order valence-corrected chi connectivity index (χ2v) is 6.53. The number of hydrogen-bond donors (Lipinski definition) is 1. The summed E-state index contributed by atoms with van der Waals surface area (Å²) in [6.45, 7) is 7.57. The summed E-state index contributed by atoms with van der Waals surface area (Å²) in [5.41, 5.74) is 2.46. The molecule has 3 nitrogen and oxygen atoms in total. The second kappa shape index (κ2) is 7.04. The Balaban J connectivity index is 2.16. The van der Waals surface area contributed by atoms with Crippen LogP contribution in [-0.4, -0.2) is 16.3 Å². The summed E-state index contributed by atoms with van der Waals surface area (Å²) in [4.78, 5) is 2.93. The molecule has 0 saturated heterocycles. The lowest BCUT2D eigenvalue weighted by Gasteiger charge is -2.17. The zero-order valence-corrected chi connectivity index (χ0v) is 13.8. The Bertz CT molecular complexity index is 542. The molecule has 0 amide bonds. The molecule has 0 aliphatic carbocycles. The van der Waals surface area contributed by atoms with E-state index in [1.807, 2.05) is 23.1 Å². The van der Waals surface area contributed by atoms with E-state index in [9.17, 15) is 0 Å². The Hall–Kier alpha value is -1.13. The third-order valence-electron chi connectivity index (χ3n) is 3.54. The van der Waals surface area contributed by atoms with Gasteiger partial charge in [-0.3, -0.25) is 4.68 Å². The van der Waals surface area contributed by atoms with E-state index in [4.69, 9.17) is 0 Å². The second-order valence-electron chi connectivity index (χ2n) is 5.28. The van der Waals surface area contributed by atoms with Crippen LogP contribution in [0.5, 0.6) is 0 Å². The molecule has 0 spiro atoms. The van der Waals surface area contributed by atoms with Crippen LogP contribution in [0.15, 0.2) is 18.3 Å². The number of aryl methyl sites for hydroxylation is 3. The van der Waals surface area contributed by atoms with E-state index in [0.717, 1.165) is 31.5 Å². The van der Waals surface area contributed by atoms with Crippen LogP contribution < -0.4 is 5.32 Å². The average Bonchev–Trinajstić information content (AvgIpc) is 3.01. The van der Waals surface area contributed by atoms with Crippen molar-refractivity contribution in [2.75, 3.05) is 6.54 Å². The minimum atomic E-state index is 0.368. The molecule has 0 aromatic carbocycles. The SMILES string of the molecule is CCCNC(Cc1ccc(CC)s1)c1cn(C)nc1C. The number of aromatic nitrogens is 2. The Labute approximate surface area is 126 Å². The maximum atomic E-state index is 4.48. The topological polar surface area (TPSA) is 29.9 Å². The van der Waals surface area contributed by atoms with Gasteiger partial charge in [-0.25, -0.2) is 0 Å². The normalized spacial score (nSPS) is 12.8.